The van der Waals surface area contributed by atoms with Gasteiger partial charge < -0.3 is 50.6 Å². The average molecular weight is 874 g/mol. The fraction of sp³-hybridized carbons (Fsp3) is 0.765. The minimum Gasteiger partial charge on any atom is 1.00 e. The molecule has 0 aromatic rings. The third-order valence-electron chi connectivity index (χ3n) is 3.82. The second kappa shape index (κ2) is 40.9. The molecule has 0 bridgehead atoms. The van der Waals surface area contributed by atoms with Gasteiger partial charge in [0.25, 0.3) is 0 Å². The molecule has 2 N–H and O–H groups in total. The molecule has 0 spiro atoms. The molecule has 2 aliphatic rings. The number of nitriles is 2. The Kier molecular flexibility index (Phi) is 63.7. The second-order valence-corrected chi connectivity index (χ2v) is 9.18. The number of nitrogens with zero attached hydrogens (tertiary/aromatic N) is 2. The zero-order valence-corrected chi connectivity index (χ0v) is 26.3. The summed E-state index contributed by atoms with van der Waals surface area (Å²) in [5.41, 5.74) is 14.8. The third-order valence-corrected chi connectivity index (χ3v) is 3.82. The molecule has 2 fully saturated rings. The van der Waals surface area contributed by atoms with E-state index in [2.05, 4.69) is 48.5 Å². The van der Waals surface area contributed by atoms with E-state index in [4.69, 9.17) is 40.8 Å². The van der Waals surface area contributed by atoms with Crippen molar-refractivity contribution in [3.63, 3.8) is 0 Å². The van der Waals surface area contributed by atoms with Crippen molar-refractivity contribution in [3.05, 3.63) is 25.3 Å². The summed E-state index contributed by atoms with van der Waals surface area (Å²) in [6.45, 7) is 7.78. The number of nitrogens with one attached hydrogen (secondary N) is 2. The van der Waals surface area contributed by atoms with Gasteiger partial charge in [0.1, 0.15) is 0 Å². The Labute approximate surface area is 244 Å². The number of hydrogen-bond donors (Lipinski definition) is 0. The molecule has 4 unspecified atom stereocenters. The molecule has 12 heteroatoms. The van der Waals surface area contributed by atoms with Crippen molar-refractivity contribution < 1.29 is 64.8 Å². The molecule has 29 heavy (non-hydrogen) atoms. The molecular weight excluding hydrogens is 844 g/mol. The molecule has 4 nitrogen and oxygen atoms in total. The van der Waals surface area contributed by atoms with Crippen LogP contribution in [0.5, 0.6) is 0 Å². The number of hydrogen-bond acceptors (Lipinski definition) is 4. The van der Waals surface area contributed by atoms with Crippen molar-refractivity contribution in [2.45, 2.75) is 70.9 Å². The van der Waals surface area contributed by atoms with Crippen LogP contribution in [0.1, 0.15) is 58.8 Å². The fourth-order valence-corrected chi connectivity index (χ4v) is 2.42. The van der Waals surface area contributed by atoms with Crippen molar-refractivity contribution in [3.8, 4) is 10.8 Å². The monoisotopic (exact) mass is 872 g/mol. The largest absolute Gasteiger partial charge is 1.00 e. The smallest absolute Gasteiger partial charge is 1.00 e. The summed E-state index contributed by atoms with van der Waals surface area (Å²) < 4.78 is 0. The molecule has 4 atom stereocenters. The summed E-state index contributed by atoms with van der Waals surface area (Å²) in [7, 11) is 14.4. The quantitative estimate of drug-likeness (QED) is 0.154. The van der Waals surface area contributed by atoms with Crippen LogP contribution in [0.4, 0.5) is 0 Å². The van der Waals surface area contributed by atoms with E-state index in [1.807, 2.05) is 0 Å². The fourth-order valence-electron chi connectivity index (χ4n) is 2.42. The van der Waals surface area contributed by atoms with E-state index in [1.165, 1.54) is 49.3 Å². The molecule has 2 rings (SSSR count). The summed E-state index contributed by atoms with van der Waals surface area (Å²) in [5, 5.41) is 16.9. The first-order chi connectivity index (χ1) is 12.9. The molecular formula is C17H30Cl3N4NaPt2S2-3. The Bertz CT molecular complexity index is 317. The van der Waals surface area contributed by atoms with Gasteiger partial charge >= 0.3 is 93.1 Å². The van der Waals surface area contributed by atoms with Crippen molar-refractivity contribution in [2.75, 3.05) is 0 Å². The van der Waals surface area contributed by atoms with Gasteiger partial charge in [0.05, 0.1) is 0 Å². The van der Waals surface area contributed by atoms with E-state index in [1.54, 1.807) is 18.8 Å². The van der Waals surface area contributed by atoms with Gasteiger partial charge in [-0.1, -0.05) is 69.6 Å². The summed E-state index contributed by atoms with van der Waals surface area (Å²) in [4.78, 5) is 0. The zero-order chi connectivity index (χ0) is 22.1. The number of rotatable bonds is 0. The van der Waals surface area contributed by atoms with Gasteiger partial charge in [-0.3, -0.25) is 0 Å². The zero-order valence-electron chi connectivity index (χ0n) is 15.9. The van der Waals surface area contributed by atoms with Crippen molar-refractivity contribution in [2.24, 2.45) is 11.8 Å². The third kappa shape index (κ3) is 41.3. The van der Waals surface area contributed by atoms with E-state index in [0.717, 1.165) is 12.8 Å². The van der Waals surface area contributed by atoms with Gasteiger partial charge in [-0.25, -0.2) is 10.5 Å². The Balaban J connectivity index is -0.0000000592. The van der Waals surface area contributed by atoms with E-state index < -0.39 is 16.5 Å². The van der Waals surface area contributed by atoms with Crippen LogP contribution in [0.15, 0.2) is 0 Å². The van der Waals surface area contributed by atoms with Crippen LogP contribution in [0.2, 0.25) is 0 Å². The first-order valence-electron chi connectivity index (χ1n) is 7.91. The van der Waals surface area contributed by atoms with Gasteiger partial charge in [0.2, 0.25) is 0 Å². The first kappa shape index (κ1) is 45.1. The van der Waals surface area contributed by atoms with Gasteiger partial charge in [0.15, 0.2) is 0 Å². The molecule has 2 saturated carbocycles. The van der Waals surface area contributed by atoms with Crippen LogP contribution in [-0.2, 0) is 60.5 Å². The van der Waals surface area contributed by atoms with Crippen LogP contribution in [-0.4, -0.2) is 12.1 Å². The number of thiocyanates is 2. The summed E-state index contributed by atoms with van der Waals surface area (Å²) in [6.07, 6.45) is 9.60. The van der Waals surface area contributed by atoms with Gasteiger partial charge in [-0.05, 0) is 0 Å². The molecule has 0 aromatic carbocycles. The van der Waals surface area contributed by atoms with Crippen LogP contribution < -0.4 is 29.6 Å². The minimum absolute atomic E-state index is 0. The maximum Gasteiger partial charge on any atom is 1.00 e. The SMILES string of the molecule is C.N#C[S-].N#C[S-].[CH2-]C1CCCCC1[NH-].[CH2-]C1CCCCC1[NH-].[Cl][Pt+2][Cl].[Cl][Pt].[Na+]. The molecule has 0 saturated heterocycles. The standard InChI is InChI=1S/2C7H13N.2CHNS.CH4.3ClH.Na.2Pt/c2*1-6-4-2-3-5-7(6)8;2*2-1-3;;;;;;;/h2*6-8H,1-5H2;2*3H;1H4;3*1H;;;/q2*-2;;;;;;;2*+1;+4/p-5. The topological polar surface area (TPSA) is 95.2 Å². The molecule has 0 heterocycles. The summed E-state index contributed by atoms with van der Waals surface area (Å²) >= 11 is 8.54. The second-order valence-electron chi connectivity index (χ2n) is 5.53. The van der Waals surface area contributed by atoms with E-state index in [0.29, 0.717) is 11.8 Å². The minimum atomic E-state index is -0.472. The van der Waals surface area contributed by atoms with E-state index >= 15 is 0 Å². The Hall–Kier alpha value is 2.59. The Morgan fingerprint density at radius 2 is 1.00 bits per heavy atom. The maximum atomic E-state index is 7.42. The van der Waals surface area contributed by atoms with Crippen molar-refractivity contribution in [1.82, 2.24) is 0 Å². The van der Waals surface area contributed by atoms with Crippen LogP contribution in [0.3, 0.4) is 0 Å². The average Bonchev–Trinajstić information content (AvgIpc) is 2.64. The summed E-state index contributed by atoms with van der Waals surface area (Å²) in [6, 6.07) is 0.285. The van der Waals surface area contributed by atoms with Gasteiger partial charge in [-0.2, -0.15) is 23.9 Å². The van der Waals surface area contributed by atoms with E-state index in [-0.39, 0.29) is 49.1 Å². The van der Waals surface area contributed by atoms with Crippen molar-refractivity contribution in [1.29, 1.82) is 10.5 Å². The molecule has 0 aromatic heterocycles. The predicted molar refractivity (Wildman–Crippen MR) is 121 cm³/mol. The Morgan fingerprint density at radius 1 is 0.828 bits per heavy atom. The van der Waals surface area contributed by atoms with Crippen LogP contribution in [0.25, 0.3) is 11.5 Å². The van der Waals surface area contributed by atoms with Crippen LogP contribution in [0, 0.1) is 47.0 Å². The predicted octanol–water partition coefficient (Wildman–Crippen LogP) is 4.60. The first-order valence-corrected chi connectivity index (χ1v) is 17.2. The van der Waals surface area contributed by atoms with Gasteiger partial charge in [-0.15, -0.1) is 0 Å². The van der Waals surface area contributed by atoms with Crippen molar-refractivity contribution >= 4 is 53.5 Å². The number of halogens is 3. The van der Waals surface area contributed by atoms with E-state index in [9.17, 15) is 0 Å². The molecule has 0 radical (unpaired) electrons. The molecule has 0 aliphatic heterocycles. The summed E-state index contributed by atoms with van der Waals surface area (Å²) in [5.74, 6) is 0.840. The van der Waals surface area contributed by atoms with Gasteiger partial charge in [0, 0.05) is 0 Å². The molecule has 0 amide bonds. The molecule has 175 valence electrons. The van der Waals surface area contributed by atoms with Crippen LogP contribution >= 0.6 is 28.3 Å². The normalized spacial score (nSPS) is 23.4. The molecule has 2 aliphatic carbocycles. The maximum absolute atomic E-state index is 7.42. The Morgan fingerprint density at radius 3 is 1.10 bits per heavy atom.